The van der Waals surface area contributed by atoms with Crippen LogP contribution in [0.3, 0.4) is 0 Å². The number of hydrogen-bond acceptors (Lipinski definition) is 6. The summed E-state index contributed by atoms with van der Waals surface area (Å²) in [5.41, 5.74) is 0.420. The van der Waals surface area contributed by atoms with Crippen LogP contribution in [0.4, 0.5) is 4.79 Å². The Morgan fingerprint density at radius 3 is 2.15 bits per heavy atom. The van der Waals surface area contributed by atoms with Crippen molar-refractivity contribution in [1.29, 1.82) is 0 Å². The van der Waals surface area contributed by atoms with Crippen LogP contribution in [-0.2, 0) is 14.3 Å². The maximum atomic E-state index is 12.3. The molecule has 1 aliphatic rings. The van der Waals surface area contributed by atoms with E-state index in [2.05, 4.69) is 5.32 Å². The molecule has 27 heavy (non-hydrogen) atoms. The van der Waals surface area contributed by atoms with Crippen LogP contribution in [-0.4, -0.2) is 53.3 Å². The summed E-state index contributed by atoms with van der Waals surface area (Å²) in [5, 5.41) is 4.56. The normalized spacial score (nSPS) is 15.0. The molecule has 9 nitrogen and oxygen atoms in total. The van der Waals surface area contributed by atoms with Crippen LogP contribution in [0.2, 0.25) is 0 Å². The fourth-order valence-electron chi connectivity index (χ4n) is 2.45. The smallest absolute Gasteiger partial charge is 0.329 e. The van der Waals surface area contributed by atoms with E-state index in [1.165, 1.54) is 19.1 Å². The highest BCUT2D eigenvalue weighted by atomic mass is 16.5. The van der Waals surface area contributed by atoms with Crippen LogP contribution in [0, 0.1) is 0 Å². The number of benzene rings is 1. The summed E-state index contributed by atoms with van der Waals surface area (Å²) in [6.45, 7) is 4.26. The van der Waals surface area contributed by atoms with Crippen LogP contribution in [0.5, 0.6) is 0 Å². The minimum Gasteiger partial charge on any atom is -0.454 e. The monoisotopic (exact) mass is 375 g/mol. The molecule has 1 aliphatic heterocycles. The van der Waals surface area contributed by atoms with Crippen molar-refractivity contribution in [2.24, 2.45) is 0 Å². The molecule has 1 heterocycles. The second kappa shape index (κ2) is 8.43. The van der Waals surface area contributed by atoms with Gasteiger partial charge in [0.1, 0.15) is 6.04 Å². The summed E-state index contributed by atoms with van der Waals surface area (Å²) in [6, 6.07) is 4.21. The van der Waals surface area contributed by atoms with Crippen LogP contribution in [0.1, 0.15) is 47.9 Å². The highest BCUT2D eigenvalue weighted by Gasteiger charge is 2.41. The molecule has 0 aromatic heterocycles. The van der Waals surface area contributed by atoms with Crippen molar-refractivity contribution < 1.29 is 28.7 Å². The number of esters is 1. The van der Waals surface area contributed by atoms with Gasteiger partial charge in [0.05, 0.1) is 11.1 Å². The van der Waals surface area contributed by atoms with Gasteiger partial charge in [-0.1, -0.05) is 19.1 Å². The van der Waals surface area contributed by atoms with Gasteiger partial charge in [-0.3, -0.25) is 24.6 Å². The van der Waals surface area contributed by atoms with Crippen molar-refractivity contribution in [3.05, 3.63) is 35.4 Å². The first-order valence-corrected chi connectivity index (χ1v) is 8.50. The minimum atomic E-state index is -1.21. The van der Waals surface area contributed by atoms with Gasteiger partial charge in [-0.05, 0) is 32.4 Å². The third kappa shape index (κ3) is 4.49. The Bertz CT molecular complexity index is 756. The number of rotatable bonds is 6. The number of urea groups is 1. The second-order valence-electron chi connectivity index (χ2n) is 6.14. The van der Waals surface area contributed by atoms with E-state index in [9.17, 15) is 24.0 Å². The average Bonchev–Trinajstić information content (AvgIpc) is 2.90. The topological polar surface area (TPSA) is 122 Å². The fourth-order valence-corrected chi connectivity index (χ4v) is 2.45. The Hall–Kier alpha value is -3.23. The number of nitrogens with zero attached hydrogens (tertiary/aromatic N) is 1. The van der Waals surface area contributed by atoms with Gasteiger partial charge >= 0.3 is 12.0 Å². The molecule has 1 aromatic carbocycles. The molecule has 0 aliphatic carbocycles. The number of nitrogens with one attached hydrogen (secondary N) is 2. The predicted molar refractivity (Wildman–Crippen MR) is 93.8 cm³/mol. The molecule has 0 radical (unpaired) electrons. The van der Waals surface area contributed by atoms with E-state index in [0.29, 0.717) is 6.42 Å². The molecule has 0 fully saturated rings. The lowest BCUT2D eigenvalue weighted by atomic mass is 10.1. The van der Waals surface area contributed by atoms with E-state index in [4.69, 9.17) is 4.74 Å². The van der Waals surface area contributed by atoms with E-state index in [1.807, 2.05) is 12.2 Å². The number of fused-ring (bicyclic) bond motifs is 1. The first-order chi connectivity index (χ1) is 12.8. The second-order valence-corrected chi connectivity index (χ2v) is 6.14. The molecular formula is C18H21N3O6. The lowest BCUT2D eigenvalue weighted by Crippen LogP contribution is -2.46. The van der Waals surface area contributed by atoms with Crippen molar-refractivity contribution in [2.45, 2.75) is 39.3 Å². The highest BCUT2D eigenvalue weighted by molar-refractivity contribution is 6.22. The Kier molecular flexibility index (Phi) is 6.27. The van der Waals surface area contributed by atoms with Gasteiger partial charge in [-0.2, -0.15) is 0 Å². The largest absolute Gasteiger partial charge is 0.454 e. The predicted octanol–water partition coefficient (Wildman–Crippen LogP) is 0.839. The molecule has 0 saturated heterocycles. The van der Waals surface area contributed by atoms with E-state index in [1.54, 1.807) is 19.1 Å². The van der Waals surface area contributed by atoms with Crippen molar-refractivity contribution in [3.63, 3.8) is 0 Å². The van der Waals surface area contributed by atoms with Gasteiger partial charge in [0.25, 0.3) is 17.7 Å². The summed E-state index contributed by atoms with van der Waals surface area (Å²) in [4.78, 5) is 60.8. The van der Waals surface area contributed by atoms with E-state index < -0.39 is 42.4 Å². The molecule has 2 rings (SSSR count). The molecular weight excluding hydrogens is 354 g/mol. The zero-order valence-corrected chi connectivity index (χ0v) is 15.3. The number of carbonyl (C=O) groups is 5. The van der Waals surface area contributed by atoms with Crippen LogP contribution >= 0.6 is 0 Å². The minimum absolute atomic E-state index is 0.116. The Morgan fingerprint density at radius 2 is 1.63 bits per heavy atom. The van der Waals surface area contributed by atoms with Crippen LogP contribution < -0.4 is 10.6 Å². The van der Waals surface area contributed by atoms with Crippen molar-refractivity contribution in [3.8, 4) is 0 Å². The van der Waals surface area contributed by atoms with E-state index >= 15 is 0 Å². The number of carbonyl (C=O) groups excluding carboxylic acids is 5. The van der Waals surface area contributed by atoms with Crippen molar-refractivity contribution in [2.75, 3.05) is 6.61 Å². The Balaban J connectivity index is 1.90. The molecule has 9 heteroatoms. The van der Waals surface area contributed by atoms with Gasteiger partial charge in [0, 0.05) is 6.04 Å². The van der Waals surface area contributed by atoms with Gasteiger partial charge in [0.2, 0.25) is 0 Å². The molecule has 5 amide bonds. The molecule has 1 aromatic rings. The van der Waals surface area contributed by atoms with Gasteiger partial charge in [-0.15, -0.1) is 0 Å². The molecule has 2 N–H and O–H groups in total. The standard InChI is InChI=1S/C18H21N3O6/c1-4-10(2)19-18(26)20-14(22)9-27-17(25)11(3)21-15(23)12-7-5-6-8-13(12)16(21)24/h5-8,10-11H,4,9H2,1-3H3,(H2,19,20,22,26)/t10-,11+/m0/s1. The zero-order valence-electron chi connectivity index (χ0n) is 15.3. The Morgan fingerprint density at radius 1 is 1.07 bits per heavy atom. The van der Waals surface area contributed by atoms with Crippen LogP contribution in [0.15, 0.2) is 24.3 Å². The Labute approximate surface area is 156 Å². The maximum absolute atomic E-state index is 12.3. The summed E-state index contributed by atoms with van der Waals surface area (Å²) in [6.07, 6.45) is 0.689. The third-order valence-corrected chi connectivity index (χ3v) is 4.14. The van der Waals surface area contributed by atoms with E-state index in [-0.39, 0.29) is 17.2 Å². The summed E-state index contributed by atoms with van der Waals surface area (Å²) in [7, 11) is 0. The number of amides is 5. The van der Waals surface area contributed by atoms with Gasteiger partial charge < -0.3 is 10.1 Å². The zero-order chi connectivity index (χ0) is 20.1. The van der Waals surface area contributed by atoms with Crippen LogP contribution in [0.25, 0.3) is 0 Å². The number of imide groups is 2. The summed E-state index contributed by atoms with van der Waals surface area (Å²) >= 11 is 0. The lowest BCUT2D eigenvalue weighted by molar-refractivity contribution is -0.151. The molecule has 144 valence electrons. The van der Waals surface area contributed by atoms with E-state index in [0.717, 1.165) is 4.90 Å². The summed E-state index contributed by atoms with van der Waals surface area (Å²) < 4.78 is 4.83. The average molecular weight is 375 g/mol. The lowest BCUT2D eigenvalue weighted by Gasteiger charge is -2.20. The molecule has 0 saturated carbocycles. The molecule has 0 unspecified atom stereocenters. The fraction of sp³-hybridized carbons (Fsp3) is 0.389. The number of ether oxygens (including phenoxy) is 1. The quantitative estimate of drug-likeness (QED) is 0.561. The van der Waals surface area contributed by atoms with Crippen molar-refractivity contribution >= 4 is 29.7 Å². The summed E-state index contributed by atoms with van der Waals surface area (Å²) in [5.74, 6) is -2.95. The SMILES string of the molecule is CC[C@H](C)NC(=O)NC(=O)COC(=O)[C@@H](C)N1C(=O)c2ccccc2C1=O. The molecule has 2 atom stereocenters. The first-order valence-electron chi connectivity index (χ1n) is 8.50. The maximum Gasteiger partial charge on any atom is 0.329 e. The highest BCUT2D eigenvalue weighted by Crippen LogP contribution is 2.24. The molecule has 0 bridgehead atoms. The van der Waals surface area contributed by atoms with Gasteiger partial charge in [-0.25, -0.2) is 9.59 Å². The van der Waals surface area contributed by atoms with Crippen molar-refractivity contribution in [1.82, 2.24) is 15.5 Å². The first kappa shape index (κ1) is 20.1. The number of hydrogen-bond donors (Lipinski definition) is 2. The van der Waals surface area contributed by atoms with Gasteiger partial charge in [0.15, 0.2) is 6.61 Å². The molecule has 0 spiro atoms. The third-order valence-electron chi connectivity index (χ3n) is 4.14.